The summed E-state index contributed by atoms with van der Waals surface area (Å²) in [6.07, 6.45) is 3.97. The van der Waals surface area contributed by atoms with Gasteiger partial charge in [-0.15, -0.1) is 0 Å². The molecule has 1 unspecified atom stereocenters. The number of likely N-dealkylation sites (tertiary alicyclic amines) is 1. The molecule has 0 bridgehead atoms. The Labute approximate surface area is 121 Å². The quantitative estimate of drug-likeness (QED) is 0.571. The molecule has 0 radical (unpaired) electrons. The van der Waals surface area contributed by atoms with Crippen molar-refractivity contribution in [3.05, 3.63) is 0 Å². The van der Waals surface area contributed by atoms with E-state index in [4.69, 9.17) is 4.74 Å². The van der Waals surface area contributed by atoms with Crippen LogP contribution >= 0.6 is 0 Å². The lowest BCUT2D eigenvalue weighted by Crippen LogP contribution is -2.51. The van der Waals surface area contributed by atoms with E-state index in [1.807, 2.05) is 0 Å². The number of amides is 1. The van der Waals surface area contributed by atoms with Crippen molar-refractivity contribution in [1.29, 1.82) is 0 Å². The maximum atomic E-state index is 12.1. The highest BCUT2D eigenvalue weighted by Gasteiger charge is 2.26. The van der Waals surface area contributed by atoms with E-state index in [0.717, 1.165) is 25.5 Å². The van der Waals surface area contributed by atoms with Crippen LogP contribution in [0.25, 0.3) is 0 Å². The van der Waals surface area contributed by atoms with Gasteiger partial charge in [-0.1, -0.05) is 0 Å². The first kappa shape index (κ1) is 17.4. The number of nitrogens with one attached hydrogen (secondary N) is 2. The fourth-order valence-electron chi connectivity index (χ4n) is 2.26. The number of ether oxygens (including phenoxy) is 1. The number of rotatable bonds is 8. The van der Waals surface area contributed by atoms with Crippen LogP contribution in [0.4, 0.5) is 0 Å². The van der Waals surface area contributed by atoms with Crippen molar-refractivity contribution < 1.29 is 17.9 Å². The molecule has 1 saturated heterocycles. The predicted molar refractivity (Wildman–Crippen MR) is 76.9 cm³/mol. The first-order chi connectivity index (χ1) is 9.44. The van der Waals surface area contributed by atoms with Gasteiger partial charge in [-0.3, -0.25) is 4.79 Å². The summed E-state index contributed by atoms with van der Waals surface area (Å²) in [6.45, 7) is 2.44. The lowest BCUT2D eigenvalue weighted by Gasteiger charge is -2.36. The fraction of sp³-hybridized carbons (Fsp3) is 0.917. The molecule has 0 aromatic carbocycles. The molecule has 118 valence electrons. The Morgan fingerprint density at radius 3 is 2.80 bits per heavy atom. The van der Waals surface area contributed by atoms with E-state index in [2.05, 4.69) is 10.0 Å². The zero-order valence-electron chi connectivity index (χ0n) is 12.2. The highest BCUT2D eigenvalue weighted by Crippen LogP contribution is 2.16. The molecule has 1 heterocycles. The maximum Gasteiger partial charge on any atom is 0.236 e. The molecule has 7 nitrogen and oxygen atoms in total. The van der Waals surface area contributed by atoms with Crippen LogP contribution in [0, 0.1) is 0 Å². The first-order valence-corrected chi connectivity index (χ1v) is 8.77. The summed E-state index contributed by atoms with van der Waals surface area (Å²) >= 11 is 0. The number of sulfonamides is 1. The Morgan fingerprint density at radius 1 is 1.40 bits per heavy atom. The molecule has 1 aliphatic rings. The molecular formula is C12H25N3O4S. The standard InChI is InChI=1S/C12H25N3O4S/c1-19-8-6-13-10-12(16)15-7-4-3-5-11(15)9-14-20(2,17)18/h11,13-14H,3-10H2,1-2H3. The number of carbonyl (C=O) groups is 1. The van der Waals surface area contributed by atoms with Crippen LogP contribution in [0.15, 0.2) is 0 Å². The van der Waals surface area contributed by atoms with Gasteiger partial charge in [0.2, 0.25) is 15.9 Å². The number of hydrogen-bond donors (Lipinski definition) is 2. The third-order valence-electron chi connectivity index (χ3n) is 3.29. The number of carbonyl (C=O) groups excluding carboxylic acids is 1. The summed E-state index contributed by atoms with van der Waals surface area (Å²) in [5.74, 6) is 0.0149. The monoisotopic (exact) mass is 307 g/mol. The van der Waals surface area contributed by atoms with Crippen LogP contribution in [0.1, 0.15) is 19.3 Å². The Kier molecular flexibility index (Phi) is 7.42. The number of piperidine rings is 1. The molecule has 1 amide bonds. The molecule has 0 saturated carbocycles. The molecule has 1 atom stereocenters. The van der Waals surface area contributed by atoms with Gasteiger partial charge in [-0.25, -0.2) is 13.1 Å². The average Bonchev–Trinajstić information content (AvgIpc) is 2.40. The Hall–Kier alpha value is -0.700. The van der Waals surface area contributed by atoms with Gasteiger partial charge in [0.15, 0.2) is 0 Å². The second kappa shape index (κ2) is 8.56. The lowest BCUT2D eigenvalue weighted by atomic mass is 10.0. The van der Waals surface area contributed by atoms with Crippen LogP contribution in [-0.2, 0) is 19.6 Å². The normalized spacial score (nSPS) is 20.1. The molecule has 0 aromatic rings. The third-order valence-corrected chi connectivity index (χ3v) is 3.98. The number of nitrogens with zero attached hydrogens (tertiary/aromatic N) is 1. The molecule has 0 spiro atoms. The minimum absolute atomic E-state index is 0.0149. The van der Waals surface area contributed by atoms with E-state index in [1.165, 1.54) is 0 Å². The lowest BCUT2D eigenvalue weighted by molar-refractivity contribution is -0.133. The highest BCUT2D eigenvalue weighted by molar-refractivity contribution is 7.88. The Balaban J connectivity index is 2.44. The molecule has 0 aliphatic carbocycles. The minimum Gasteiger partial charge on any atom is -0.383 e. The molecule has 2 N–H and O–H groups in total. The van der Waals surface area contributed by atoms with Crippen molar-refractivity contribution >= 4 is 15.9 Å². The molecule has 8 heteroatoms. The number of hydrogen-bond acceptors (Lipinski definition) is 5. The van der Waals surface area contributed by atoms with Gasteiger partial charge < -0.3 is 15.0 Å². The van der Waals surface area contributed by atoms with E-state index in [-0.39, 0.29) is 18.5 Å². The smallest absolute Gasteiger partial charge is 0.236 e. The summed E-state index contributed by atoms with van der Waals surface area (Å²) < 4.78 is 29.7. The summed E-state index contributed by atoms with van der Waals surface area (Å²) in [6, 6.07) is -0.0461. The summed E-state index contributed by atoms with van der Waals surface area (Å²) in [5.41, 5.74) is 0. The maximum absolute atomic E-state index is 12.1. The van der Waals surface area contributed by atoms with Gasteiger partial charge in [-0.2, -0.15) is 0 Å². The van der Waals surface area contributed by atoms with E-state index in [0.29, 0.717) is 26.2 Å². The summed E-state index contributed by atoms with van der Waals surface area (Å²) in [7, 11) is -1.60. The number of methoxy groups -OCH3 is 1. The molecule has 1 rings (SSSR count). The second-order valence-corrected chi connectivity index (χ2v) is 6.86. The van der Waals surface area contributed by atoms with Crippen LogP contribution < -0.4 is 10.0 Å². The summed E-state index contributed by atoms with van der Waals surface area (Å²) in [4.78, 5) is 13.9. The van der Waals surface area contributed by atoms with Crippen molar-refractivity contribution in [2.24, 2.45) is 0 Å². The van der Waals surface area contributed by atoms with Crippen LogP contribution in [0.3, 0.4) is 0 Å². The van der Waals surface area contributed by atoms with Crippen molar-refractivity contribution in [3.8, 4) is 0 Å². The Morgan fingerprint density at radius 2 is 2.15 bits per heavy atom. The second-order valence-electron chi connectivity index (χ2n) is 5.03. The fourth-order valence-corrected chi connectivity index (χ4v) is 2.75. The largest absolute Gasteiger partial charge is 0.383 e. The summed E-state index contributed by atoms with van der Waals surface area (Å²) in [5, 5.41) is 3.02. The third kappa shape index (κ3) is 6.65. The van der Waals surface area contributed by atoms with Crippen LogP contribution in [-0.4, -0.2) is 71.4 Å². The van der Waals surface area contributed by atoms with Crippen molar-refractivity contribution in [3.63, 3.8) is 0 Å². The van der Waals surface area contributed by atoms with E-state index in [1.54, 1.807) is 12.0 Å². The molecule has 1 aliphatic heterocycles. The average molecular weight is 307 g/mol. The zero-order valence-corrected chi connectivity index (χ0v) is 13.0. The van der Waals surface area contributed by atoms with E-state index < -0.39 is 10.0 Å². The molecule has 0 aromatic heterocycles. The molecule has 20 heavy (non-hydrogen) atoms. The topological polar surface area (TPSA) is 87.7 Å². The predicted octanol–water partition coefficient (Wildman–Crippen LogP) is -0.847. The van der Waals surface area contributed by atoms with E-state index in [9.17, 15) is 13.2 Å². The molecular weight excluding hydrogens is 282 g/mol. The highest BCUT2D eigenvalue weighted by atomic mass is 32.2. The van der Waals surface area contributed by atoms with Gasteiger partial charge in [-0.05, 0) is 19.3 Å². The van der Waals surface area contributed by atoms with Crippen LogP contribution in [0.2, 0.25) is 0 Å². The Bertz CT molecular complexity index is 400. The van der Waals surface area contributed by atoms with Crippen LogP contribution in [0.5, 0.6) is 0 Å². The first-order valence-electron chi connectivity index (χ1n) is 6.88. The van der Waals surface area contributed by atoms with Crippen molar-refractivity contribution in [1.82, 2.24) is 14.9 Å². The van der Waals surface area contributed by atoms with Gasteiger partial charge in [0.1, 0.15) is 0 Å². The van der Waals surface area contributed by atoms with Gasteiger partial charge >= 0.3 is 0 Å². The van der Waals surface area contributed by atoms with Gasteiger partial charge in [0.05, 0.1) is 19.4 Å². The minimum atomic E-state index is -3.22. The van der Waals surface area contributed by atoms with Gasteiger partial charge in [0.25, 0.3) is 0 Å². The van der Waals surface area contributed by atoms with E-state index >= 15 is 0 Å². The van der Waals surface area contributed by atoms with Crippen molar-refractivity contribution in [2.45, 2.75) is 25.3 Å². The zero-order chi connectivity index (χ0) is 15.0. The molecule has 1 fully saturated rings. The van der Waals surface area contributed by atoms with Crippen molar-refractivity contribution in [2.75, 3.05) is 46.2 Å². The van der Waals surface area contributed by atoms with Gasteiger partial charge in [0, 0.05) is 32.8 Å². The SMILES string of the molecule is COCCNCC(=O)N1CCCCC1CNS(C)(=O)=O.